The summed E-state index contributed by atoms with van der Waals surface area (Å²) in [7, 11) is 3.46. The van der Waals surface area contributed by atoms with E-state index in [1.165, 1.54) is 4.88 Å². The number of nitrogens with zero attached hydrogens (tertiary/aromatic N) is 3. The molecule has 1 unspecified atom stereocenters. The van der Waals surface area contributed by atoms with Gasteiger partial charge in [-0.15, -0.1) is 11.3 Å². The summed E-state index contributed by atoms with van der Waals surface area (Å²) in [6.07, 6.45) is 0.708. The SMILES string of the molecule is COc1cc(C(N)Cc2nc(C)c(C)s2)nn1C. The average molecular weight is 266 g/mol. The number of hydrogen-bond acceptors (Lipinski definition) is 5. The van der Waals surface area contributed by atoms with Crippen LogP contribution in [0.15, 0.2) is 6.07 Å². The van der Waals surface area contributed by atoms with Crippen molar-refractivity contribution in [1.82, 2.24) is 14.8 Å². The van der Waals surface area contributed by atoms with Crippen molar-refractivity contribution >= 4 is 11.3 Å². The summed E-state index contributed by atoms with van der Waals surface area (Å²) in [6, 6.07) is 1.72. The second kappa shape index (κ2) is 5.07. The monoisotopic (exact) mass is 266 g/mol. The van der Waals surface area contributed by atoms with Crippen LogP contribution in [-0.4, -0.2) is 21.9 Å². The van der Waals surface area contributed by atoms with Crippen molar-refractivity contribution in [1.29, 1.82) is 0 Å². The zero-order chi connectivity index (χ0) is 13.3. The maximum absolute atomic E-state index is 6.16. The largest absolute Gasteiger partial charge is 0.481 e. The van der Waals surface area contributed by atoms with Gasteiger partial charge in [0.1, 0.15) is 0 Å². The van der Waals surface area contributed by atoms with Crippen LogP contribution >= 0.6 is 11.3 Å². The van der Waals surface area contributed by atoms with Crippen molar-refractivity contribution in [3.63, 3.8) is 0 Å². The van der Waals surface area contributed by atoms with Crippen molar-refractivity contribution in [2.45, 2.75) is 26.3 Å². The number of hydrogen-bond donors (Lipinski definition) is 1. The summed E-state index contributed by atoms with van der Waals surface area (Å²) < 4.78 is 6.87. The van der Waals surface area contributed by atoms with Crippen LogP contribution in [0.25, 0.3) is 0 Å². The summed E-state index contributed by atoms with van der Waals surface area (Å²) >= 11 is 1.70. The minimum Gasteiger partial charge on any atom is -0.481 e. The molecule has 2 heterocycles. The van der Waals surface area contributed by atoms with Crippen LogP contribution in [0.1, 0.15) is 27.3 Å². The van der Waals surface area contributed by atoms with E-state index in [0.29, 0.717) is 12.3 Å². The van der Waals surface area contributed by atoms with Crippen LogP contribution in [-0.2, 0) is 13.5 Å². The highest BCUT2D eigenvalue weighted by atomic mass is 32.1. The third-order valence-electron chi connectivity index (χ3n) is 2.91. The van der Waals surface area contributed by atoms with E-state index < -0.39 is 0 Å². The lowest BCUT2D eigenvalue weighted by atomic mass is 10.1. The number of aromatic nitrogens is 3. The first-order chi connectivity index (χ1) is 8.51. The first-order valence-electron chi connectivity index (χ1n) is 5.77. The Bertz CT molecular complexity index is 527. The molecule has 0 spiro atoms. The van der Waals surface area contributed by atoms with E-state index >= 15 is 0 Å². The van der Waals surface area contributed by atoms with Crippen LogP contribution < -0.4 is 10.5 Å². The van der Waals surface area contributed by atoms with E-state index in [0.717, 1.165) is 16.4 Å². The standard InChI is InChI=1S/C12H18N4OS/c1-7-8(2)18-11(14-7)5-9(13)10-6-12(17-4)16(3)15-10/h6,9H,5,13H2,1-4H3. The third kappa shape index (κ3) is 2.54. The predicted octanol–water partition coefficient (Wildman–Crippen LogP) is 1.74. The van der Waals surface area contributed by atoms with Crippen LogP contribution in [0.4, 0.5) is 0 Å². The summed E-state index contributed by atoms with van der Waals surface area (Å²) in [6.45, 7) is 4.09. The normalized spacial score (nSPS) is 12.7. The quantitative estimate of drug-likeness (QED) is 0.915. The van der Waals surface area contributed by atoms with E-state index in [-0.39, 0.29) is 6.04 Å². The maximum atomic E-state index is 6.16. The predicted molar refractivity (Wildman–Crippen MR) is 72.0 cm³/mol. The third-order valence-corrected chi connectivity index (χ3v) is 4.01. The van der Waals surface area contributed by atoms with E-state index in [1.807, 2.05) is 20.0 Å². The number of rotatable bonds is 4. The van der Waals surface area contributed by atoms with Gasteiger partial charge in [-0.3, -0.25) is 0 Å². The molecule has 0 saturated heterocycles. The number of ether oxygens (including phenoxy) is 1. The van der Waals surface area contributed by atoms with Crippen molar-refractivity contribution in [3.8, 4) is 5.88 Å². The molecule has 0 aliphatic rings. The van der Waals surface area contributed by atoms with Gasteiger partial charge < -0.3 is 10.5 Å². The van der Waals surface area contributed by atoms with Crippen LogP contribution in [0.5, 0.6) is 5.88 Å². The van der Waals surface area contributed by atoms with Gasteiger partial charge in [-0.25, -0.2) is 9.67 Å². The molecule has 0 fully saturated rings. The molecule has 98 valence electrons. The fourth-order valence-electron chi connectivity index (χ4n) is 1.76. The van der Waals surface area contributed by atoms with Gasteiger partial charge >= 0.3 is 0 Å². The lowest BCUT2D eigenvalue weighted by Gasteiger charge is -2.05. The summed E-state index contributed by atoms with van der Waals surface area (Å²) in [5.74, 6) is 0.715. The van der Waals surface area contributed by atoms with Crippen LogP contribution in [0.2, 0.25) is 0 Å². The maximum Gasteiger partial charge on any atom is 0.211 e. The molecule has 6 heteroatoms. The van der Waals surface area contributed by atoms with Gasteiger partial charge in [0.15, 0.2) is 0 Å². The van der Waals surface area contributed by atoms with Gasteiger partial charge in [-0.1, -0.05) is 0 Å². The lowest BCUT2D eigenvalue weighted by Crippen LogP contribution is -2.14. The highest BCUT2D eigenvalue weighted by molar-refractivity contribution is 7.11. The van der Waals surface area contributed by atoms with Gasteiger partial charge in [0.05, 0.1) is 29.5 Å². The van der Waals surface area contributed by atoms with Gasteiger partial charge in [-0.2, -0.15) is 5.10 Å². The fourth-order valence-corrected chi connectivity index (χ4v) is 2.75. The Kier molecular flexibility index (Phi) is 3.68. The van der Waals surface area contributed by atoms with Gasteiger partial charge in [0.25, 0.3) is 0 Å². The van der Waals surface area contributed by atoms with E-state index in [1.54, 1.807) is 23.1 Å². The Morgan fingerprint density at radius 2 is 2.22 bits per heavy atom. The molecule has 0 aliphatic carbocycles. The molecule has 5 nitrogen and oxygen atoms in total. The minimum absolute atomic E-state index is 0.148. The number of nitrogens with two attached hydrogens (primary N) is 1. The molecular weight excluding hydrogens is 248 g/mol. The van der Waals surface area contributed by atoms with Crippen LogP contribution in [0, 0.1) is 13.8 Å². The van der Waals surface area contributed by atoms with E-state index in [4.69, 9.17) is 10.5 Å². The van der Waals surface area contributed by atoms with Crippen molar-refractivity contribution in [2.75, 3.05) is 7.11 Å². The first kappa shape index (κ1) is 13.0. The summed E-state index contributed by atoms with van der Waals surface area (Å²) in [5, 5.41) is 5.41. The van der Waals surface area contributed by atoms with Gasteiger partial charge in [-0.05, 0) is 13.8 Å². The van der Waals surface area contributed by atoms with Crippen molar-refractivity contribution in [2.24, 2.45) is 12.8 Å². The topological polar surface area (TPSA) is 66.0 Å². The minimum atomic E-state index is -0.148. The van der Waals surface area contributed by atoms with E-state index in [2.05, 4.69) is 17.0 Å². The zero-order valence-corrected chi connectivity index (χ0v) is 11.9. The number of aryl methyl sites for hydroxylation is 3. The lowest BCUT2D eigenvalue weighted by molar-refractivity contribution is 0.373. The second-order valence-electron chi connectivity index (χ2n) is 4.29. The molecule has 2 rings (SSSR count). The molecule has 0 aromatic carbocycles. The second-order valence-corrected chi connectivity index (χ2v) is 5.58. The molecule has 1 atom stereocenters. The Morgan fingerprint density at radius 3 is 2.72 bits per heavy atom. The molecule has 18 heavy (non-hydrogen) atoms. The van der Waals surface area contributed by atoms with Crippen LogP contribution in [0.3, 0.4) is 0 Å². The molecule has 2 aromatic rings. The number of thiazole rings is 1. The number of methoxy groups -OCH3 is 1. The van der Waals surface area contributed by atoms with Crippen molar-refractivity contribution in [3.05, 3.63) is 27.3 Å². The molecule has 2 N–H and O–H groups in total. The highest BCUT2D eigenvalue weighted by Gasteiger charge is 2.15. The van der Waals surface area contributed by atoms with E-state index in [9.17, 15) is 0 Å². The van der Waals surface area contributed by atoms with Crippen molar-refractivity contribution < 1.29 is 4.74 Å². The highest BCUT2D eigenvalue weighted by Crippen LogP contribution is 2.23. The molecular formula is C12H18N4OS. The Hall–Kier alpha value is -1.40. The summed E-state index contributed by atoms with van der Waals surface area (Å²) in [4.78, 5) is 5.74. The zero-order valence-electron chi connectivity index (χ0n) is 11.1. The molecule has 0 saturated carbocycles. The Labute approximate surface area is 111 Å². The molecule has 0 amide bonds. The molecule has 0 radical (unpaired) electrons. The molecule has 0 aliphatic heterocycles. The average Bonchev–Trinajstić information content (AvgIpc) is 2.83. The summed E-state index contributed by atoms with van der Waals surface area (Å²) in [5.41, 5.74) is 8.08. The molecule has 2 aromatic heterocycles. The first-order valence-corrected chi connectivity index (χ1v) is 6.59. The Morgan fingerprint density at radius 1 is 1.50 bits per heavy atom. The Balaban J connectivity index is 2.13. The fraction of sp³-hybridized carbons (Fsp3) is 0.500. The van der Waals surface area contributed by atoms with Gasteiger partial charge in [0.2, 0.25) is 5.88 Å². The molecule has 0 bridgehead atoms. The smallest absolute Gasteiger partial charge is 0.211 e. The van der Waals surface area contributed by atoms with Gasteiger partial charge in [0, 0.05) is 24.4 Å².